The van der Waals surface area contributed by atoms with E-state index < -0.39 is 5.97 Å². The molecule has 0 amide bonds. The second-order valence-electron chi connectivity index (χ2n) is 5.51. The molecule has 8 nitrogen and oxygen atoms in total. The molecule has 0 unspecified atom stereocenters. The maximum atomic E-state index is 12.1. The highest BCUT2D eigenvalue weighted by Crippen LogP contribution is 2.28. The number of carbonyl (C=O) groups is 1. The molecule has 0 atom stereocenters. The van der Waals surface area contributed by atoms with Crippen molar-refractivity contribution in [2.24, 2.45) is 0 Å². The quantitative estimate of drug-likeness (QED) is 0.353. The van der Waals surface area contributed by atoms with Crippen molar-refractivity contribution < 1.29 is 23.7 Å². The van der Waals surface area contributed by atoms with Crippen LogP contribution < -0.4 is 9.47 Å². The van der Waals surface area contributed by atoms with Gasteiger partial charge < -0.3 is 18.9 Å². The van der Waals surface area contributed by atoms with E-state index >= 15 is 0 Å². The van der Waals surface area contributed by atoms with Crippen LogP contribution in [0.3, 0.4) is 0 Å². The molecule has 0 saturated carbocycles. The van der Waals surface area contributed by atoms with Gasteiger partial charge in [0.15, 0.2) is 0 Å². The number of hydrogen-bond acceptors (Lipinski definition) is 7. The van der Waals surface area contributed by atoms with Crippen molar-refractivity contribution >= 4 is 11.5 Å². The minimum Gasteiger partial charge on any atom is -0.503 e. The summed E-state index contributed by atoms with van der Waals surface area (Å²) >= 11 is 0. The van der Waals surface area contributed by atoms with Crippen LogP contribution in [0, 0.1) is 0 Å². The zero-order chi connectivity index (χ0) is 19.9. The van der Waals surface area contributed by atoms with Gasteiger partial charge in [0.05, 0.1) is 38.8 Å². The average Bonchev–Trinajstić information content (AvgIpc) is 3.20. The van der Waals surface area contributed by atoms with Crippen LogP contribution in [0.4, 0.5) is 0 Å². The van der Waals surface area contributed by atoms with E-state index in [1.54, 1.807) is 42.4 Å². The molecular weight excluding hydrogens is 362 g/mol. The number of hydrogen-bond donors (Lipinski definition) is 0. The molecule has 0 bridgehead atoms. The van der Waals surface area contributed by atoms with Crippen molar-refractivity contribution in [3.63, 3.8) is 0 Å². The molecule has 0 spiro atoms. The van der Waals surface area contributed by atoms with E-state index in [9.17, 15) is 4.79 Å². The normalized spacial score (nSPS) is 11.0. The topological polar surface area (TPSA) is 84.7 Å². The van der Waals surface area contributed by atoms with Crippen LogP contribution in [0.25, 0.3) is 11.3 Å². The van der Waals surface area contributed by atoms with Gasteiger partial charge in [-0.2, -0.15) is 0 Å². The Bertz CT molecular complexity index is 980. The van der Waals surface area contributed by atoms with Crippen LogP contribution >= 0.6 is 0 Å². The largest absolute Gasteiger partial charge is 0.503 e. The van der Waals surface area contributed by atoms with E-state index in [1.807, 2.05) is 24.3 Å². The summed E-state index contributed by atoms with van der Waals surface area (Å²) in [6, 6.07) is 12.5. The third-order valence-electron chi connectivity index (χ3n) is 3.81. The molecule has 28 heavy (non-hydrogen) atoms. The summed E-state index contributed by atoms with van der Waals surface area (Å²) in [6.07, 6.45) is 4.60. The van der Waals surface area contributed by atoms with Crippen LogP contribution in [-0.2, 0) is 14.3 Å². The predicted octanol–water partition coefficient (Wildman–Crippen LogP) is 3.23. The van der Waals surface area contributed by atoms with Crippen LogP contribution in [-0.4, -0.2) is 42.1 Å². The van der Waals surface area contributed by atoms with E-state index in [-0.39, 0.29) is 11.5 Å². The fourth-order valence-corrected chi connectivity index (χ4v) is 2.47. The Labute approximate surface area is 161 Å². The Morgan fingerprint density at radius 2 is 1.86 bits per heavy atom. The Hall–Kier alpha value is -3.81. The smallest absolute Gasteiger partial charge is 0.341 e. The lowest BCUT2D eigenvalue weighted by Crippen LogP contribution is -2.06. The SMILES string of the molecule is CO/C=C(/C(=O)OC)c1cccnc1Oc1ccn(-c2ccc(OC)cc2)n1. The van der Waals surface area contributed by atoms with Crippen LogP contribution in [0.15, 0.2) is 61.1 Å². The predicted molar refractivity (Wildman–Crippen MR) is 101 cm³/mol. The summed E-state index contributed by atoms with van der Waals surface area (Å²) in [5.41, 5.74) is 1.45. The van der Waals surface area contributed by atoms with Gasteiger partial charge in [-0.05, 0) is 36.4 Å². The molecule has 0 aliphatic heterocycles. The van der Waals surface area contributed by atoms with Crippen LogP contribution in [0.2, 0.25) is 0 Å². The van der Waals surface area contributed by atoms with Crippen molar-refractivity contribution in [2.45, 2.75) is 0 Å². The zero-order valence-corrected chi connectivity index (χ0v) is 15.7. The summed E-state index contributed by atoms with van der Waals surface area (Å²) < 4.78 is 22.4. The molecule has 144 valence electrons. The highest BCUT2D eigenvalue weighted by Gasteiger charge is 2.19. The van der Waals surface area contributed by atoms with E-state index in [4.69, 9.17) is 18.9 Å². The van der Waals surface area contributed by atoms with Gasteiger partial charge >= 0.3 is 5.97 Å². The van der Waals surface area contributed by atoms with Crippen molar-refractivity contribution in [1.82, 2.24) is 14.8 Å². The van der Waals surface area contributed by atoms with Gasteiger partial charge in [0.25, 0.3) is 0 Å². The maximum Gasteiger partial charge on any atom is 0.341 e. The monoisotopic (exact) mass is 381 g/mol. The van der Waals surface area contributed by atoms with Crippen LogP contribution in [0.5, 0.6) is 17.5 Å². The van der Waals surface area contributed by atoms with Gasteiger partial charge in [-0.1, -0.05) is 0 Å². The first kappa shape index (κ1) is 19.0. The zero-order valence-electron chi connectivity index (χ0n) is 15.7. The minimum atomic E-state index is -0.566. The fourth-order valence-electron chi connectivity index (χ4n) is 2.47. The molecule has 0 aliphatic rings. The Morgan fingerprint density at radius 3 is 2.54 bits per heavy atom. The number of aromatic nitrogens is 3. The standard InChI is InChI=1S/C20H19N3O5/c1-25-13-17(20(24)27-3)16-5-4-11-21-19(16)28-18-10-12-23(22-18)14-6-8-15(26-2)9-7-14/h4-13H,1-3H3/b17-13+. The molecule has 0 fully saturated rings. The van der Waals surface area contributed by atoms with E-state index in [0.717, 1.165) is 11.4 Å². The first-order valence-corrected chi connectivity index (χ1v) is 8.31. The second-order valence-corrected chi connectivity index (χ2v) is 5.51. The first-order valence-electron chi connectivity index (χ1n) is 8.31. The molecule has 0 saturated heterocycles. The summed E-state index contributed by atoms with van der Waals surface area (Å²) in [6.45, 7) is 0. The number of pyridine rings is 1. The average molecular weight is 381 g/mol. The van der Waals surface area contributed by atoms with Crippen molar-refractivity contribution in [3.8, 4) is 23.2 Å². The highest BCUT2D eigenvalue weighted by atomic mass is 16.5. The molecule has 3 rings (SSSR count). The lowest BCUT2D eigenvalue weighted by Gasteiger charge is -2.10. The minimum absolute atomic E-state index is 0.183. The maximum absolute atomic E-state index is 12.1. The summed E-state index contributed by atoms with van der Waals surface area (Å²) in [5, 5.41) is 4.39. The summed E-state index contributed by atoms with van der Waals surface area (Å²) in [5.74, 6) is 0.711. The molecule has 2 aromatic heterocycles. The van der Waals surface area contributed by atoms with Gasteiger partial charge in [-0.15, -0.1) is 5.10 Å². The molecule has 0 aliphatic carbocycles. The van der Waals surface area contributed by atoms with Crippen LogP contribution in [0.1, 0.15) is 5.56 Å². The van der Waals surface area contributed by atoms with Crippen molar-refractivity contribution in [2.75, 3.05) is 21.3 Å². The fraction of sp³-hybridized carbons (Fsp3) is 0.150. The highest BCUT2D eigenvalue weighted by molar-refractivity contribution is 6.16. The van der Waals surface area contributed by atoms with Gasteiger partial charge in [-0.3, -0.25) is 0 Å². The Balaban J connectivity index is 1.88. The van der Waals surface area contributed by atoms with Crippen molar-refractivity contribution in [1.29, 1.82) is 0 Å². The second kappa shape index (κ2) is 8.72. The molecule has 0 radical (unpaired) electrons. The lowest BCUT2D eigenvalue weighted by atomic mass is 10.1. The van der Waals surface area contributed by atoms with Gasteiger partial charge in [-0.25, -0.2) is 14.5 Å². The first-order chi connectivity index (χ1) is 13.7. The number of ether oxygens (including phenoxy) is 4. The molecule has 0 N–H and O–H groups in total. The summed E-state index contributed by atoms with van der Waals surface area (Å²) in [7, 11) is 4.34. The molecular formula is C20H19N3O5. The number of benzene rings is 1. The number of nitrogens with zero attached hydrogens (tertiary/aromatic N) is 3. The Kier molecular flexibility index (Phi) is 5.91. The van der Waals surface area contributed by atoms with Gasteiger partial charge in [0.2, 0.25) is 11.8 Å². The van der Waals surface area contributed by atoms with Gasteiger partial charge in [0.1, 0.15) is 11.3 Å². The summed E-state index contributed by atoms with van der Waals surface area (Å²) in [4.78, 5) is 16.3. The number of methoxy groups -OCH3 is 3. The van der Waals surface area contributed by atoms with Crippen molar-refractivity contribution in [3.05, 3.63) is 66.7 Å². The molecule has 8 heteroatoms. The number of rotatable bonds is 7. The van der Waals surface area contributed by atoms with Gasteiger partial charge in [0, 0.05) is 18.5 Å². The Morgan fingerprint density at radius 1 is 1.07 bits per heavy atom. The lowest BCUT2D eigenvalue weighted by molar-refractivity contribution is -0.133. The molecule has 2 heterocycles. The number of carbonyl (C=O) groups excluding carboxylic acids is 1. The number of esters is 1. The molecule has 3 aromatic rings. The third kappa shape index (κ3) is 4.12. The van der Waals surface area contributed by atoms with E-state index in [2.05, 4.69) is 10.1 Å². The van der Waals surface area contributed by atoms with E-state index in [1.165, 1.54) is 20.5 Å². The van der Waals surface area contributed by atoms with E-state index in [0.29, 0.717) is 11.4 Å². The molecule has 1 aromatic carbocycles. The third-order valence-corrected chi connectivity index (χ3v) is 3.81.